The molecule has 2 aliphatic rings. The molecule has 0 bridgehead atoms. The molecule has 0 aromatic heterocycles. The van der Waals surface area contributed by atoms with Crippen LogP contribution in [-0.4, -0.2) is 40.6 Å². The van der Waals surface area contributed by atoms with E-state index in [1.807, 2.05) is 0 Å². The molecule has 1 saturated carbocycles. The minimum Gasteiger partial charge on any atom is -0.480 e. The maximum atomic E-state index is 12.4. The first-order valence-corrected chi connectivity index (χ1v) is 7.73. The summed E-state index contributed by atoms with van der Waals surface area (Å²) in [7, 11) is 0. The Balaban J connectivity index is 2.01. The summed E-state index contributed by atoms with van der Waals surface area (Å²) in [6, 6.07) is -0.200. The van der Waals surface area contributed by atoms with Crippen molar-refractivity contribution < 1.29 is 14.7 Å². The number of nitrogens with one attached hydrogen (secondary N) is 1. The first-order valence-electron chi connectivity index (χ1n) is 7.73. The summed E-state index contributed by atoms with van der Waals surface area (Å²) in [5.41, 5.74) is -1.05. The first kappa shape index (κ1) is 15.1. The first-order chi connectivity index (χ1) is 9.43. The summed E-state index contributed by atoms with van der Waals surface area (Å²) >= 11 is 0. The van der Waals surface area contributed by atoms with Gasteiger partial charge < -0.3 is 15.3 Å². The van der Waals surface area contributed by atoms with Crippen LogP contribution in [0, 0.1) is 11.8 Å². The smallest absolute Gasteiger partial charge is 0.329 e. The Morgan fingerprint density at radius 1 is 1.15 bits per heavy atom. The summed E-state index contributed by atoms with van der Waals surface area (Å²) < 4.78 is 0. The van der Waals surface area contributed by atoms with Crippen molar-refractivity contribution in [3.8, 4) is 0 Å². The number of hydrogen-bond donors (Lipinski definition) is 2. The van der Waals surface area contributed by atoms with Crippen LogP contribution in [0.25, 0.3) is 0 Å². The lowest BCUT2D eigenvalue weighted by atomic mass is 9.77. The standard InChI is InChI=1S/C15H26N2O3/c1-11-5-7-15(8-6-11,13(18)19)16-14(20)17-9-3-4-12(2)10-17/h11-12H,3-10H2,1-2H3,(H,16,20)(H,18,19). The molecule has 5 heteroatoms. The van der Waals surface area contributed by atoms with E-state index in [-0.39, 0.29) is 6.03 Å². The van der Waals surface area contributed by atoms with Gasteiger partial charge in [0.05, 0.1) is 0 Å². The van der Waals surface area contributed by atoms with E-state index in [1.165, 1.54) is 0 Å². The molecule has 2 N–H and O–H groups in total. The third-order valence-corrected chi connectivity index (χ3v) is 4.83. The minimum absolute atomic E-state index is 0.200. The Kier molecular flexibility index (Phi) is 4.55. The highest BCUT2D eigenvalue weighted by molar-refractivity contribution is 5.86. The lowest BCUT2D eigenvalue weighted by Gasteiger charge is -2.39. The number of hydrogen-bond acceptors (Lipinski definition) is 2. The van der Waals surface area contributed by atoms with E-state index in [1.54, 1.807) is 4.90 Å². The quantitative estimate of drug-likeness (QED) is 0.817. The number of amides is 2. The number of nitrogens with zero attached hydrogens (tertiary/aromatic N) is 1. The van der Waals surface area contributed by atoms with Crippen LogP contribution in [0.1, 0.15) is 52.4 Å². The summed E-state index contributed by atoms with van der Waals surface area (Å²) in [6.45, 7) is 5.74. The molecule has 0 aromatic carbocycles. The molecule has 1 saturated heterocycles. The van der Waals surface area contributed by atoms with Crippen molar-refractivity contribution >= 4 is 12.0 Å². The average molecular weight is 282 g/mol. The predicted octanol–water partition coefficient (Wildman–Crippen LogP) is 2.46. The molecule has 0 aromatic rings. The lowest BCUT2D eigenvalue weighted by Crippen LogP contribution is -2.60. The van der Waals surface area contributed by atoms with Crippen LogP contribution < -0.4 is 5.32 Å². The van der Waals surface area contributed by atoms with Gasteiger partial charge in [-0.3, -0.25) is 0 Å². The molecule has 2 fully saturated rings. The molecule has 1 aliphatic heterocycles. The molecule has 0 spiro atoms. The van der Waals surface area contributed by atoms with Gasteiger partial charge in [-0.25, -0.2) is 9.59 Å². The van der Waals surface area contributed by atoms with Gasteiger partial charge in [0.15, 0.2) is 0 Å². The van der Waals surface area contributed by atoms with Gasteiger partial charge in [-0.05, 0) is 50.4 Å². The second-order valence-electron chi connectivity index (χ2n) is 6.69. The fourth-order valence-electron chi connectivity index (χ4n) is 3.30. The number of carboxylic acid groups (broad SMARTS) is 1. The van der Waals surface area contributed by atoms with Crippen molar-refractivity contribution in [3.63, 3.8) is 0 Å². The zero-order chi connectivity index (χ0) is 14.8. The van der Waals surface area contributed by atoms with E-state index in [0.717, 1.165) is 38.8 Å². The molecule has 5 nitrogen and oxygen atoms in total. The number of rotatable bonds is 2. The Morgan fingerprint density at radius 3 is 2.35 bits per heavy atom. The largest absolute Gasteiger partial charge is 0.480 e. The summed E-state index contributed by atoms with van der Waals surface area (Å²) in [5.74, 6) is 0.166. The maximum Gasteiger partial charge on any atom is 0.329 e. The van der Waals surface area contributed by atoms with Crippen molar-refractivity contribution in [2.75, 3.05) is 13.1 Å². The molecule has 1 atom stereocenters. The van der Waals surface area contributed by atoms with Gasteiger partial charge in [0.2, 0.25) is 0 Å². The molecule has 20 heavy (non-hydrogen) atoms. The second kappa shape index (κ2) is 6.02. The maximum absolute atomic E-state index is 12.4. The Morgan fingerprint density at radius 2 is 1.80 bits per heavy atom. The highest BCUT2D eigenvalue weighted by atomic mass is 16.4. The lowest BCUT2D eigenvalue weighted by molar-refractivity contribution is -0.146. The van der Waals surface area contributed by atoms with E-state index in [0.29, 0.717) is 24.7 Å². The van der Waals surface area contributed by atoms with Gasteiger partial charge in [-0.2, -0.15) is 0 Å². The summed E-state index contributed by atoms with van der Waals surface area (Å²) in [5, 5.41) is 12.4. The Labute approximate surface area is 120 Å². The molecule has 1 heterocycles. The van der Waals surface area contributed by atoms with E-state index in [4.69, 9.17) is 0 Å². The van der Waals surface area contributed by atoms with Gasteiger partial charge in [-0.1, -0.05) is 13.8 Å². The van der Waals surface area contributed by atoms with Gasteiger partial charge in [0, 0.05) is 13.1 Å². The van der Waals surface area contributed by atoms with Crippen molar-refractivity contribution in [1.82, 2.24) is 10.2 Å². The fraction of sp³-hybridized carbons (Fsp3) is 0.867. The van der Waals surface area contributed by atoms with E-state index < -0.39 is 11.5 Å². The zero-order valence-corrected chi connectivity index (χ0v) is 12.5. The van der Waals surface area contributed by atoms with E-state index >= 15 is 0 Å². The molecule has 2 amide bonds. The van der Waals surface area contributed by atoms with Crippen LogP contribution in [-0.2, 0) is 4.79 Å². The molecule has 114 valence electrons. The highest BCUT2D eigenvalue weighted by Gasteiger charge is 2.43. The monoisotopic (exact) mass is 282 g/mol. The molecule has 1 aliphatic carbocycles. The number of likely N-dealkylation sites (tertiary alicyclic amines) is 1. The average Bonchev–Trinajstić information content (AvgIpc) is 2.41. The van der Waals surface area contributed by atoms with Gasteiger partial charge in [0.25, 0.3) is 0 Å². The Bertz CT molecular complexity index is 375. The summed E-state index contributed by atoms with van der Waals surface area (Å²) in [6.07, 6.45) is 4.96. The number of urea groups is 1. The van der Waals surface area contributed by atoms with Crippen LogP contribution >= 0.6 is 0 Å². The SMILES string of the molecule is CC1CCC(NC(=O)N2CCCC(C)C2)(C(=O)O)CC1. The van der Waals surface area contributed by atoms with Crippen molar-refractivity contribution in [2.45, 2.75) is 57.9 Å². The van der Waals surface area contributed by atoms with Crippen LogP contribution in [0.15, 0.2) is 0 Å². The number of carbonyl (C=O) groups is 2. The van der Waals surface area contributed by atoms with Crippen LogP contribution in [0.2, 0.25) is 0 Å². The van der Waals surface area contributed by atoms with E-state index in [9.17, 15) is 14.7 Å². The van der Waals surface area contributed by atoms with E-state index in [2.05, 4.69) is 19.2 Å². The van der Waals surface area contributed by atoms with Crippen LogP contribution in [0.3, 0.4) is 0 Å². The number of carboxylic acids is 1. The molecule has 0 radical (unpaired) electrons. The second-order valence-corrected chi connectivity index (χ2v) is 6.69. The van der Waals surface area contributed by atoms with Crippen molar-refractivity contribution in [1.29, 1.82) is 0 Å². The minimum atomic E-state index is -1.05. The summed E-state index contributed by atoms with van der Waals surface area (Å²) in [4.78, 5) is 25.8. The molecular formula is C15H26N2O3. The number of piperidine rings is 1. The van der Waals surface area contributed by atoms with Crippen molar-refractivity contribution in [2.24, 2.45) is 11.8 Å². The molecular weight excluding hydrogens is 256 g/mol. The van der Waals surface area contributed by atoms with Gasteiger partial charge in [-0.15, -0.1) is 0 Å². The van der Waals surface area contributed by atoms with Crippen LogP contribution in [0.5, 0.6) is 0 Å². The van der Waals surface area contributed by atoms with Gasteiger partial charge in [0.1, 0.15) is 5.54 Å². The number of carbonyl (C=O) groups excluding carboxylic acids is 1. The number of aliphatic carboxylic acids is 1. The normalized spacial score (nSPS) is 34.6. The van der Waals surface area contributed by atoms with Crippen molar-refractivity contribution in [3.05, 3.63) is 0 Å². The third-order valence-electron chi connectivity index (χ3n) is 4.83. The van der Waals surface area contributed by atoms with Gasteiger partial charge >= 0.3 is 12.0 Å². The highest BCUT2D eigenvalue weighted by Crippen LogP contribution is 2.32. The molecule has 1 unspecified atom stereocenters. The Hall–Kier alpha value is -1.26. The fourth-order valence-corrected chi connectivity index (χ4v) is 3.30. The topological polar surface area (TPSA) is 69.6 Å². The predicted molar refractivity (Wildman–Crippen MR) is 76.5 cm³/mol. The third kappa shape index (κ3) is 3.25. The molecule has 2 rings (SSSR count). The van der Waals surface area contributed by atoms with Crippen LogP contribution in [0.4, 0.5) is 4.79 Å². The zero-order valence-electron chi connectivity index (χ0n) is 12.5.